The van der Waals surface area contributed by atoms with Crippen molar-refractivity contribution in [2.24, 2.45) is 0 Å². The number of rotatable bonds is 2. The molecule has 0 saturated carbocycles. The monoisotopic (exact) mass is 262 g/mol. The van der Waals surface area contributed by atoms with E-state index in [0.717, 1.165) is 6.07 Å². The Morgan fingerprint density at radius 2 is 1.84 bits per heavy atom. The number of carboxylic acid groups (broad SMARTS) is 1. The van der Waals surface area contributed by atoms with Crippen molar-refractivity contribution in [3.8, 4) is 11.1 Å². The van der Waals surface area contributed by atoms with Crippen LogP contribution >= 0.6 is 0 Å². The summed E-state index contributed by atoms with van der Waals surface area (Å²) in [5.74, 6) is -1.74. The molecule has 1 aromatic heterocycles. The van der Waals surface area contributed by atoms with E-state index in [4.69, 9.17) is 10.8 Å². The van der Waals surface area contributed by atoms with Gasteiger partial charge in [-0.05, 0) is 29.8 Å². The van der Waals surface area contributed by atoms with Crippen LogP contribution < -0.4 is 5.73 Å². The standard InChI is InChI=1S/C12H9FN2O2.C2H6/c13-10-6-11(14)9(12(16)17)5-8(10)7-1-3-15-4-2-7;1-2/h1-6H,14H2,(H,16,17);1-2H3. The molecule has 0 atom stereocenters. The normalized spacial score (nSPS) is 9.42. The molecule has 1 aromatic carbocycles. The molecule has 0 bridgehead atoms. The van der Waals surface area contributed by atoms with Gasteiger partial charge in [-0.1, -0.05) is 13.8 Å². The highest BCUT2D eigenvalue weighted by Crippen LogP contribution is 2.26. The summed E-state index contributed by atoms with van der Waals surface area (Å²) in [6, 6.07) is 5.43. The lowest BCUT2D eigenvalue weighted by atomic mass is 10.0. The van der Waals surface area contributed by atoms with E-state index in [1.54, 1.807) is 12.1 Å². The molecule has 0 aliphatic rings. The van der Waals surface area contributed by atoms with Crippen LogP contribution in [0, 0.1) is 5.82 Å². The van der Waals surface area contributed by atoms with Crippen molar-refractivity contribution in [2.75, 3.05) is 5.73 Å². The van der Waals surface area contributed by atoms with Crippen LogP contribution in [-0.4, -0.2) is 16.1 Å². The Kier molecular flexibility index (Phi) is 5.00. The van der Waals surface area contributed by atoms with Crippen LogP contribution in [0.15, 0.2) is 36.7 Å². The Morgan fingerprint density at radius 3 is 2.37 bits per heavy atom. The Labute approximate surface area is 110 Å². The highest BCUT2D eigenvalue weighted by Gasteiger charge is 2.14. The number of nitrogens with two attached hydrogens (primary N) is 1. The van der Waals surface area contributed by atoms with Crippen LogP contribution in [0.1, 0.15) is 24.2 Å². The molecule has 0 unspecified atom stereocenters. The van der Waals surface area contributed by atoms with Gasteiger partial charge in [0.2, 0.25) is 0 Å². The molecule has 1 heterocycles. The molecule has 19 heavy (non-hydrogen) atoms. The second kappa shape index (κ2) is 6.49. The minimum absolute atomic E-state index is 0.0900. The minimum Gasteiger partial charge on any atom is -0.478 e. The molecule has 2 rings (SSSR count). The lowest BCUT2D eigenvalue weighted by Crippen LogP contribution is -2.04. The Morgan fingerprint density at radius 1 is 1.26 bits per heavy atom. The second-order valence-electron chi connectivity index (χ2n) is 3.46. The van der Waals surface area contributed by atoms with E-state index in [0.29, 0.717) is 5.56 Å². The average Bonchev–Trinajstić information content (AvgIpc) is 2.41. The number of anilines is 1. The first-order valence-electron chi connectivity index (χ1n) is 5.82. The third-order valence-corrected chi connectivity index (χ3v) is 2.36. The van der Waals surface area contributed by atoms with E-state index in [9.17, 15) is 9.18 Å². The quantitative estimate of drug-likeness (QED) is 0.815. The zero-order valence-corrected chi connectivity index (χ0v) is 10.7. The number of carbonyl (C=O) groups is 1. The summed E-state index contributed by atoms with van der Waals surface area (Å²) in [6.45, 7) is 4.00. The van der Waals surface area contributed by atoms with Gasteiger partial charge in [-0.3, -0.25) is 4.98 Å². The highest BCUT2D eigenvalue weighted by molar-refractivity contribution is 5.95. The number of benzene rings is 1. The predicted molar refractivity (Wildman–Crippen MR) is 72.4 cm³/mol. The van der Waals surface area contributed by atoms with Gasteiger partial charge in [0.05, 0.1) is 5.56 Å². The summed E-state index contributed by atoms with van der Waals surface area (Å²) < 4.78 is 13.7. The van der Waals surface area contributed by atoms with Gasteiger partial charge in [0.25, 0.3) is 0 Å². The minimum atomic E-state index is -1.18. The van der Waals surface area contributed by atoms with Crippen molar-refractivity contribution < 1.29 is 14.3 Å². The molecule has 4 nitrogen and oxygen atoms in total. The number of aromatic nitrogens is 1. The van der Waals surface area contributed by atoms with E-state index in [-0.39, 0.29) is 16.8 Å². The number of pyridine rings is 1. The fourth-order valence-electron chi connectivity index (χ4n) is 1.53. The summed E-state index contributed by atoms with van der Waals surface area (Å²) in [6.07, 6.45) is 3.01. The van der Waals surface area contributed by atoms with Crippen LogP contribution in [-0.2, 0) is 0 Å². The maximum absolute atomic E-state index is 13.7. The average molecular weight is 262 g/mol. The van der Waals surface area contributed by atoms with E-state index >= 15 is 0 Å². The number of nitrogens with zero attached hydrogens (tertiary/aromatic N) is 1. The van der Waals surface area contributed by atoms with Crippen molar-refractivity contribution in [3.63, 3.8) is 0 Å². The number of hydrogen-bond acceptors (Lipinski definition) is 3. The Bertz CT molecular complexity index is 571. The lowest BCUT2D eigenvalue weighted by Gasteiger charge is -2.07. The number of nitrogen functional groups attached to an aromatic ring is 1. The van der Waals surface area contributed by atoms with Crippen molar-refractivity contribution in [1.29, 1.82) is 0 Å². The van der Waals surface area contributed by atoms with Crippen LogP contribution in [0.2, 0.25) is 0 Å². The Balaban J connectivity index is 0.000000861. The van der Waals surface area contributed by atoms with Gasteiger partial charge >= 0.3 is 5.97 Å². The molecule has 0 aliphatic carbocycles. The molecular formula is C14H15FN2O2. The topological polar surface area (TPSA) is 76.2 Å². The Hall–Kier alpha value is -2.43. The molecule has 100 valence electrons. The van der Waals surface area contributed by atoms with Crippen LogP contribution in [0.5, 0.6) is 0 Å². The molecule has 0 spiro atoms. The van der Waals surface area contributed by atoms with Gasteiger partial charge in [-0.2, -0.15) is 0 Å². The van der Waals surface area contributed by atoms with Crippen molar-refractivity contribution in [2.45, 2.75) is 13.8 Å². The largest absolute Gasteiger partial charge is 0.478 e. The number of carboxylic acids is 1. The summed E-state index contributed by atoms with van der Waals surface area (Å²) in [5, 5.41) is 8.91. The van der Waals surface area contributed by atoms with Gasteiger partial charge in [0, 0.05) is 23.6 Å². The molecular weight excluding hydrogens is 247 g/mol. The third kappa shape index (κ3) is 3.28. The van der Waals surface area contributed by atoms with Gasteiger partial charge in [0.15, 0.2) is 0 Å². The smallest absolute Gasteiger partial charge is 0.337 e. The fourth-order valence-corrected chi connectivity index (χ4v) is 1.53. The fraction of sp³-hybridized carbons (Fsp3) is 0.143. The molecule has 0 fully saturated rings. The number of halogens is 1. The van der Waals surface area contributed by atoms with Gasteiger partial charge in [-0.15, -0.1) is 0 Å². The van der Waals surface area contributed by atoms with E-state index in [1.165, 1.54) is 18.5 Å². The summed E-state index contributed by atoms with van der Waals surface area (Å²) in [5.41, 5.74) is 5.98. The second-order valence-corrected chi connectivity index (χ2v) is 3.46. The van der Waals surface area contributed by atoms with Crippen molar-refractivity contribution >= 4 is 11.7 Å². The number of hydrogen-bond donors (Lipinski definition) is 2. The summed E-state index contributed by atoms with van der Waals surface area (Å²) >= 11 is 0. The van der Waals surface area contributed by atoms with Crippen LogP contribution in [0.3, 0.4) is 0 Å². The van der Waals surface area contributed by atoms with Crippen LogP contribution in [0.25, 0.3) is 11.1 Å². The molecule has 3 N–H and O–H groups in total. The predicted octanol–water partition coefficient (Wildman–Crippen LogP) is 3.19. The molecule has 0 aliphatic heterocycles. The lowest BCUT2D eigenvalue weighted by molar-refractivity contribution is 0.0698. The molecule has 0 saturated heterocycles. The van der Waals surface area contributed by atoms with E-state index in [2.05, 4.69) is 4.98 Å². The summed E-state index contributed by atoms with van der Waals surface area (Å²) in [4.78, 5) is 14.7. The van der Waals surface area contributed by atoms with Crippen molar-refractivity contribution in [1.82, 2.24) is 4.98 Å². The zero-order valence-electron chi connectivity index (χ0n) is 10.7. The van der Waals surface area contributed by atoms with Crippen molar-refractivity contribution in [3.05, 3.63) is 48.0 Å². The first-order chi connectivity index (χ1) is 9.09. The first kappa shape index (κ1) is 14.6. The summed E-state index contributed by atoms with van der Waals surface area (Å²) in [7, 11) is 0. The molecule has 0 amide bonds. The molecule has 2 aromatic rings. The van der Waals surface area contributed by atoms with Gasteiger partial charge in [0.1, 0.15) is 5.82 Å². The third-order valence-electron chi connectivity index (χ3n) is 2.36. The van der Waals surface area contributed by atoms with Crippen LogP contribution in [0.4, 0.5) is 10.1 Å². The maximum atomic E-state index is 13.7. The molecule has 5 heteroatoms. The van der Waals surface area contributed by atoms with Gasteiger partial charge in [-0.25, -0.2) is 9.18 Å². The number of aromatic carboxylic acids is 1. The zero-order chi connectivity index (χ0) is 14.4. The molecule has 0 radical (unpaired) electrons. The highest BCUT2D eigenvalue weighted by atomic mass is 19.1. The maximum Gasteiger partial charge on any atom is 0.337 e. The van der Waals surface area contributed by atoms with Gasteiger partial charge < -0.3 is 10.8 Å². The van der Waals surface area contributed by atoms with E-state index < -0.39 is 11.8 Å². The first-order valence-corrected chi connectivity index (χ1v) is 5.82. The van der Waals surface area contributed by atoms with E-state index in [1.807, 2.05) is 13.8 Å². The SMILES string of the molecule is CC.Nc1cc(F)c(-c2ccncc2)cc1C(=O)O.